The van der Waals surface area contributed by atoms with Crippen LogP contribution in [0.15, 0.2) is 30.3 Å². The lowest BCUT2D eigenvalue weighted by atomic mass is 9.73. The van der Waals surface area contributed by atoms with Crippen molar-refractivity contribution in [2.24, 2.45) is 5.41 Å². The summed E-state index contributed by atoms with van der Waals surface area (Å²) in [6.07, 6.45) is 0.957. The predicted octanol–water partition coefficient (Wildman–Crippen LogP) is 0.880. The largest absolute Gasteiger partial charge is 0.355 e. The minimum absolute atomic E-state index is 0.193. The summed E-state index contributed by atoms with van der Waals surface area (Å²) >= 11 is 0. The molecule has 0 aromatic heterocycles. The molecule has 2 aliphatic rings. The topological polar surface area (TPSA) is 41.1 Å². The van der Waals surface area contributed by atoms with E-state index in [2.05, 4.69) is 22.8 Å². The van der Waals surface area contributed by atoms with Gasteiger partial charge in [-0.05, 0) is 18.5 Å². The summed E-state index contributed by atoms with van der Waals surface area (Å²) in [6.45, 7) is 2.56. The molecule has 2 heterocycles. The molecule has 16 heavy (non-hydrogen) atoms. The minimum atomic E-state index is -0.193. The number of hydrogen-bond acceptors (Lipinski definition) is 2. The Labute approximate surface area is 95.2 Å². The van der Waals surface area contributed by atoms with Crippen molar-refractivity contribution >= 4 is 5.91 Å². The first-order valence-corrected chi connectivity index (χ1v) is 5.87. The number of rotatable bonds is 1. The second-order valence-electron chi connectivity index (χ2n) is 4.76. The summed E-state index contributed by atoms with van der Waals surface area (Å²) in [5.41, 5.74) is 1.09. The molecule has 1 spiro atoms. The van der Waals surface area contributed by atoms with Crippen molar-refractivity contribution in [3.05, 3.63) is 35.9 Å². The van der Waals surface area contributed by atoms with Gasteiger partial charge in [0.15, 0.2) is 0 Å². The summed E-state index contributed by atoms with van der Waals surface area (Å²) in [6, 6.07) is 10.4. The quantitative estimate of drug-likeness (QED) is 0.731. The molecule has 2 aliphatic heterocycles. The van der Waals surface area contributed by atoms with E-state index in [1.807, 2.05) is 18.2 Å². The van der Waals surface area contributed by atoms with Gasteiger partial charge in [0.05, 0.1) is 5.41 Å². The molecule has 3 heteroatoms. The zero-order chi connectivity index (χ0) is 11.0. The summed E-state index contributed by atoms with van der Waals surface area (Å²) in [7, 11) is 0. The first kappa shape index (κ1) is 9.85. The lowest BCUT2D eigenvalue weighted by molar-refractivity contribution is -0.127. The highest BCUT2D eigenvalue weighted by molar-refractivity contribution is 5.87. The van der Waals surface area contributed by atoms with Gasteiger partial charge in [0.1, 0.15) is 0 Å². The van der Waals surface area contributed by atoms with Crippen LogP contribution in [0.5, 0.6) is 0 Å². The molecule has 1 amide bonds. The minimum Gasteiger partial charge on any atom is -0.355 e. The first-order valence-electron chi connectivity index (χ1n) is 5.87. The average molecular weight is 216 g/mol. The van der Waals surface area contributed by atoms with Crippen molar-refractivity contribution in [3.8, 4) is 0 Å². The highest BCUT2D eigenvalue weighted by Gasteiger charge is 2.52. The molecule has 2 saturated heterocycles. The Morgan fingerprint density at radius 2 is 2.06 bits per heavy atom. The van der Waals surface area contributed by atoms with Gasteiger partial charge in [0, 0.05) is 19.0 Å². The van der Waals surface area contributed by atoms with Gasteiger partial charge in [-0.1, -0.05) is 30.3 Å². The molecule has 2 unspecified atom stereocenters. The maximum Gasteiger partial charge on any atom is 0.228 e. The summed E-state index contributed by atoms with van der Waals surface area (Å²) in [4.78, 5) is 12.0. The van der Waals surface area contributed by atoms with Crippen LogP contribution in [0.1, 0.15) is 17.9 Å². The predicted molar refractivity (Wildman–Crippen MR) is 62.1 cm³/mol. The van der Waals surface area contributed by atoms with Gasteiger partial charge in [-0.15, -0.1) is 0 Å². The van der Waals surface area contributed by atoms with Crippen molar-refractivity contribution in [3.63, 3.8) is 0 Å². The molecule has 0 aliphatic carbocycles. The molecule has 1 aromatic rings. The molecule has 2 atom stereocenters. The molecular weight excluding hydrogens is 200 g/mol. The zero-order valence-electron chi connectivity index (χ0n) is 9.20. The van der Waals surface area contributed by atoms with Crippen LogP contribution in [0.4, 0.5) is 0 Å². The van der Waals surface area contributed by atoms with E-state index >= 15 is 0 Å². The Morgan fingerprint density at radius 3 is 2.75 bits per heavy atom. The molecule has 0 radical (unpaired) electrons. The van der Waals surface area contributed by atoms with E-state index in [-0.39, 0.29) is 11.3 Å². The molecule has 1 aromatic carbocycles. The Kier molecular flexibility index (Phi) is 2.21. The van der Waals surface area contributed by atoms with Crippen molar-refractivity contribution in [2.75, 3.05) is 19.6 Å². The molecule has 3 rings (SSSR count). The summed E-state index contributed by atoms with van der Waals surface area (Å²) in [5.74, 6) is 0.558. The molecule has 0 bridgehead atoms. The molecule has 3 nitrogen and oxygen atoms in total. The van der Waals surface area contributed by atoms with Gasteiger partial charge >= 0.3 is 0 Å². The van der Waals surface area contributed by atoms with E-state index in [0.717, 1.165) is 26.1 Å². The normalized spacial score (nSPS) is 33.2. The van der Waals surface area contributed by atoms with Crippen LogP contribution in [-0.2, 0) is 4.79 Å². The standard InChI is InChI=1S/C13H16N2O/c16-12-13(6-7-14-9-13)11(8-15-12)10-4-2-1-3-5-10/h1-5,11,14H,6-9H2,(H,15,16). The fourth-order valence-electron chi connectivity index (χ4n) is 3.05. The van der Waals surface area contributed by atoms with E-state index in [1.165, 1.54) is 5.56 Å². The second-order valence-corrected chi connectivity index (χ2v) is 4.76. The van der Waals surface area contributed by atoms with Crippen LogP contribution in [0.3, 0.4) is 0 Å². The van der Waals surface area contributed by atoms with E-state index in [4.69, 9.17) is 0 Å². The molecular formula is C13H16N2O. The average Bonchev–Trinajstić information content (AvgIpc) is 2.92. The number of hydrogen-bond donors (Lipinski definition) is 2. The van der Waals surface area contributed by atoms with Gasteiger partial charge in [-0.2, -0.15) is 0 Å². The zero-order valence-corrected chi connectivity index (χ0v) is 9.20. The van der Waals surface area contributed by atoms with Crippen molar-refractivity contribution < 1.29 is 4.79 Å². The molecule has 2 N–H and O–H groups in total. The molecule has 0 saturated carbocycles. The smallest absolute Gasteiger partial charge is 0.228 e. The third kappa shape index (κ3) is 1.28. The maximum atomic E-state index is 12.0. The Morgan fingerprint density at radius 1 is 1.25 bits per heavy atom. The van der Waals surface area contributed by atoms with E-state index < -0.39 is 0 Å². The van der Waals surface area contributed by atoms with Crippen molar-refractivity contribution in [1.82, 2.24) is 10.6 Å². The van der Waals surface area contributed by atoms with Crippen LogP contribution < -0.4 is 10.6 Å². The van der Waals surface area contributed by atoms with Gasteiger partial charge in [0.2, 0.25) is 5.91 Å². The Hall–Kier alpha value is -1.35. The van der Waals surface area contributed by atoms with Crippen LogP contribution in [-0.4, -0.2) is 25.5 Å². The number of nitrogens with one attached hydrogen (secondary N) is 2. The van der Waals surface area contributed by atoms with Gasteiger partial charge in [-0.3, -0.25) is 4.79 Å². The van der Waals surface area contributed by atoms with Crippen LogP contribution in [0, 0.1) is 5.41 Å². The number of benzene rings is 1. The highest BCUT2D eigenvalue weighted by Crippen LogP contribution is 2.44. The van der Waals surface area contributed by atoms with E-state index in [0.29, 0.717) is 5.92 Å². The van der Waals surface area contributed by atoms with Gasteiger partial charge in [0.25, 0.3) is 0 Å². The third-order valence-corrected chi connectivity index (χ3v) is 3.98. The SMILES string of the molecule is O=C1NCC(c2ccccc2)C12CCNC2. The maximum absolute atomic E-state index is 12.0. The Balaban J connectivity index is 1.99. The van der Waals surface area contributed by atoms with E-state index in [1.54, 1.807) is 0 Å². The second kappa shape index (κ2) is 3.59. The lowest BCUT2D eigenvalue weighted by Gasteiger charge is -2.27. The highest BCUT2D eigenvalue weighted by atomic mass is 16.2. The van der Waals surface area contributed by atoms with Crippen molar-refractivity contribution in [2.45, 2.75) is 12.3 Å². The van der Waals surface area contributed by atoms with Gasteiger partial charge < -0.3 is 10.6 Å². The number of carbonyl (C=O) groups is 1. The lowest BCUT2D eigenvalue weighted by Crippen LogP contribution is -2.36. The first-order chi connectivity index (χ1) is 7.83. The monoisotopic (exact) mass is 216 g/mol. The van der Waals surface area contributed by atoms with Crippen LogP contribution in [0.2, 0.25) is 0 Å². The third-order valence-electron chi connectivity index (χ3n) is 3.98. The van der Waals surface area contributed by atoms with Gasteiger partial charge in [-0.25, -0.2) is 0 Å². The number of amides is 1. The van der Waals surface area contributed by atoms with Crippen molar-refractivity contribution in [1.29, 1.82) is 0 Å². The van der Waals surface area contributed by atoms with E-state index in [9.17, 15) is 4.79 Å². The fraction of sp³-hybridized carbons (Fsp3) is 0.462. The van der Waals surface area contributed by atoms with Crippen LogP contribution >= 0.6 is 0 Å². The fourth-order valence-corrected chi connectivity index (χ4v) is 3.05. The summed E-state index contributed by atoms with van der Waals surface area (Å²) < 4.78 is 0. The van der Waals surface area contributed by atoms with Crippen LogP contribution in [0.25, 0.3) is 0 Å². The molecule has 84 valence electrons. The number of carbonyl (C=O) groups excluding carboxylic acids is 1. The Bertz CT molecular complexity index is 396. The summed E-state index contributed by atoms with van der Waals surface area (Å²) in [5, 5.41) is 6.35. The molecule has 2 fully saturated rings.